The summed E-state index contributed by atoms with van der Waals surface area (Å²) in [5, 5.41) is 0. The van der Waals surface area contributed by atoms with Crippen molar-refractivity contribution in [3.05, 3.63) is 89.5 Å². The summed E-state index contributed by atoms with van der Waals surface area (Å²) < 4.78 is 27.7. The second-order valence-corrected chi connectivity index (χ2v) is 9.30. The molecule has 4 rings (SSSR count). The molecule has 0 unspecified atom stereocenters. The Kier molecular flexibility index (Phi) is 5.37. The lowest BCUT2D eigenvalue weighted by atomic mass is 10.1. The van der Waals surface area contributed by atoms with E-state index in [4.69, 9.17) is 0 Å². The molecule has 3 aromatic carbocycles. The van der Waals surface area contributed by atoms with Gasteiger partial charge >= 0.3 is 0 Å². The van der Waals surface area contributed by atoms with Gasteiger partial charge in [0.05, 0.1) is 4.90 Å². The highest BCUT2D eigenvalue weighted by atomic mass is 32.2. The quantitative estimate of drug-likeness (QED) is 0.608. The molecule has 31 heavy (non-hydrogen) atoms. The minimum Gasteiger partial charge on any atom is -0.305 e. The third-order valence-electron chi connectivity index (χ3n) is 5.38. The summed E-state index contributed by atoms with van der Waals surface area (Å²) in [7, 11) is -3.81. The number of nitrogens with one attached hydrogen (secondary N) is 1. The summed E-state index contributed by atoms with van der Waals surface area (Å²) in [6.07, 6.45) is 0.808. The number of benzene rings is 3. The van der Waals surface area contributed by atoms with Crippen molar-refractivity contribution in [2.75, 3.05) is 9.62 Å². The largest absolute Gasteiger partial charge is 0.305 e. The Hall–Kier alpha value is -3.45. The van der Waals surface area contributed by atoms with Gasteiger partial charge < -0.3 is 4.90 Å². The minimum absolute atomic E-state index is 0.0557. The lowest BCUT2D eigenvalue weighted by molar-refractivity contribution is 0.0979. The lowest BCUT2D eigenvalue weighted by Gasteiger charge is -2.23. The first kappa shape index (κ1) is 20.8. The predicted molar refractivity (Wildman–Crippen MR) is 120 cm³/mol. The van der Waals surface area contributed by atoms with E-state index in [0.717, 1.165) is 17.7 Å². The van der Waals surface area contributed by atoms with Crippen LogP contribution in [0.4, 0.5) is 11.4 Å². The molecule has 158 valence electrons. The molecule has 1 heterocycles. The molecule has 1 amide bonds. The van der Waals surface area contributed by atoms with Crippen LogP contribution in [0.5, 0.6) is 0 Å². The minimum atomic E-state index is -3.81. The smallest absolute Gasteiger partial charge is 0.261 e. The van der Waals surface area contributed by atoms with Crippen LogP contribution in [0.2, 0.25) is 0 Å². The van der Waals surface area contributed by atoms with Crippen molar-refractivity contribution in [2.45, 2.75) is 31.2 Å². The molecule has 0 fully saturated rings. The van der Waals surface area contributed by atoms with Gasteiger partial charge in [-0.3, -0.25) is 14.3 Å². The molecular formula is C24H22N2O4S. The normalized spacial score (nSPS) is 15.4. The molecule has 0 aromatic heterocycles. The number of anilines is 2. The molecule has 0 aliphatic carbocycles. The van der Waals surface area contributed by atoms with E-state index in [2.05, 4.69) is 4.72 Å². The molecule has 1 aliphatic rings. The van der Waals surface area contributed by atoms with Gasteiger partial charge in [-0.15, -0.1) is 0 Å². The first-order valence-electron chi connectivity index (χ1n) is 9.91. The van der Waals surface area contributed by atoms with E-state index in [0.29, 0.717) is 16.8 Å². The Balaban J connectivity index is 1.52. The van der Waals surface area contributed by atoms with Crippen molar-refractivity contribution in [1.82, 2.24) is 0 Å². The van der Waals surface area contributed by atoms with E-state index < -0.39 is 10.0 Å². The van der Waals surface area contributed by atoms with E-state index in [1.807, 2.05) is 31.2 Å². The Morgan fingerprint density at radius 3 is 2.16 bits per heavy atom. The highest BCUT2D eigenvalue weighted by Gasteiger charge is 2.31. The fourth-order valence-electron chi connectivity index (χ4n) is 3.78. The SMILES string of the molecule is CC(=O)c1ccc(S(=O)(=O)Nc2ccc(C(=O)N3c4ccccc4C[C@@H]3C)cc2)cc1. The van der Waals surface area contributed by atoms with Crippen molar-refractivity contribution in [1.29, 1.82) is 0 Å². The number of ketones is 1. The van der Waals surface area contributed by atoms with Crippen LogP contribution < -0.4 is 9.62 Å². The Labute approximate surface area is 181 Å². The third kappa shape index (κ3) is 4.09. The second kappa shape index (κ2) is 8.00. The molecular weight excluding hydrogens is 412 g/mol. The molecule has 0 radical (unpaired) electrons. The Bertz CT molecular complexity index is 1250. The summed E-state index contributed by atoms with van der Waals surface area (Å²) >= 11 is 0. The zero-order valence-corrected chi connectivity index (χ0v) is 18.0. The van der Waals surface area contributed by atoms with Crippen LogP contribution in [0, 0.1) is 0 Å². The number of hydrogen-bond donors (Lipinski definition) is 1. The number of sulfonamides is 1. The molecule has 0 saturated carbocycles. The first-order valence-corrected chi connectivity index (χ1v) is 11.4. The Morgan fingerprint density at radius 2 is 1.52 bits per heavy atom. The van der Waals surface area contributed by atoms with Gasteiger partial charge in [0.2, 0.25) is 0 Å². The standard InChI is InChI=1S/C24H22N2O4S/c1-16-15-20-5-3-4-6-23(20)26(16)24(28)19-7-11-21(12-8-19)25-31(29,30)22-13-9-18(10-14-22)17(2)27/h3-14,16,25H,15H2,1-2H3/t16-/m0/s1. The summed E-state index contributed by atoms with van der Waals surface area (Å²) in [6.45, 7) is 3.43. The third-order valence-corrected chi connectivity index (χ3v) is 6.78. The monoisotopic (exact) mass is 434 g/mol. The summed E-state index contributed by atoms with van der Waals surface area (Å²) in [4.78, 5) is 26.3. The van der Waals surface area contributed by atoms with E-state index in [1.165, 1.54) is 31.2 Å². The van der Waals surface area contributed by atoms with Crippen LogP contribution in [0.25, 0.3) is 0 Å². The van der Waals surface area contributed by atoms with Crippen molar-refractivity contribution >= 4 is 33.1 Å². The van der Waals surface area contributed by atoms with Gasteiger partial charge in [0.1, 0.15) is 0 Å². The van der Waals surface area contributed by atoms with E-state index >= 15 is 0 Å². The van der Waals surface area contributed by atoms with Crippen LogP contribution in [-0.4, -0.2) is 26.2 Å². The highest BCUT2D eigenvalue weighted by Crippen LogP contribution is 2.33. The number of Topliss-reactive ketones (excluding diaryl/α,β-unsaturated/α-hetero) is 1. The molecule has 0 bridgehead atoms. The number of fused-ring (bicyclic) bond motifs is 1. The average molecular weight is 435 g/mol. The summed E-state index contributed by atoms with van der Waals surface area (Å²) in [5.74, 6) is -0.251. The Morgan fingerprint density at radius 1 is 0.903 bits per heavy atom. The summed E-state index contributed by atoms with van der Waals surface area (Å²) in [6, 6.07) is 20.0. The zero-order valence-electron chi connectivity index (χ0n) is 17.2. The zero-order chi connectivity index (χ0) is 22.2. The van der Waals surface area contributed by atoms with Crippen molar-refractivity contribution in [2.24, 2.45) is 0 Å². The van der Waals surface area contributed by atoms with Crippen molar-refractivity contribution in [3.8, 4) is 0 Å². The number of nitrogens with zero attached hydrogens (tertiary/aromatic N) is 1. The lowest BCUT2D eigenvalue weighted by Crippen LogP contribution is -2.35. The van der Waals surface area contributed by atoms with Gasteiger partial charge in [-0.2, -0.15) is 0 Å². The number of rotatable bonds is 5. The maximum absolute atomic E-state index is 13.1. The molecule has 1 aliphatic heterocycles. The van der Waals surface area contributed by atoms with Crippen molar-refractivity contribution in [3.63, 3.8) is 0 Å². The molecule has 0 spiro atoms. The first-order chi connectivity index (χ1) is 14.8. The number of amides is 1. The molecule has 3 aromatic rings. The van der Waals surface area contributed by atoms with Crippen LogP contribution in [0.15, 0.2) is 77.7 Å². The van der Waals surface area contributed by atoms with Gasteiger partial charge in [-0.25, -0.2) is 8.42 Å². The molecule has 6 nitrogen and oxygen atoms in total. The maximum Gasteiger partial charge on any atom is 0.261 e. The number of para-hydroxylation sites is 1. The van der Waals surface area contributed by atoms with E-state index in [9.17, 15) is 18.0 Å². The average Bonchev–Trinajstić information content (AvgIpc) is 3.09. The fourth-order valence-corrected chi connectivity index (χ4v) is 4.84. The van der Waals surface area contributed by atoms with Crippen molar-refractivity contribution < 1.29 is 18.0 Å². The van der Waals surface area contributed by atoms with E-state index in [-0.39, 0.29) is 22.6 Å². The van der Waals surface area contributed by atoms with E-state index in [1.54, 1.807) is 29.2 Å². The second-order valence-electron chi connectivity index (χ2n) is 7.62. The van der Waals surface area contributed by atoms with Gasteiger partial charge in [0.25, 0.3) is 15.9 Å². The number of carbonyl (C=O) groups is 2. The van der Waals surface area contributed by atoms with Crippen LogP contribution in [0.3, 0.4) is 0 Å². The molecule has 0 saturated heterocycles. The van der Waals surface area contributed by atoms with Gasteiger partial charge in [-0.1, -0.05) is 30.3 Å². The van der Waals surface area contributed by atoms with Crippen LogP contribution in [0.1, 0.15) is 40.1 Å². The van der Waals surface area contributed by atoms with Crippen LogP contribution in [-0.2, 0) is 16.4 Å². The van der Waals surface area contributed by atoms with Gasteiger partial charge in [0, 0.05) is 28.5 Å². The van der Waals surface area contributed by atoms with Gasteiger partial charge in [0.15, 0.2) is 5.78 Å². The molecule has 1 atom stereocenters. The number of hydrogen-bond acceptors (Lipinski definition) is 4. The molecule has 7 heteroatoms. The maximum atomic E-state index is 13.1. The van der Waals surface area contributed by atoms with Gasteiger partial charge in [-0.05, 0) is 68.3 Å². The predicted octanol–water partition coefficient (Wildman–Crippen LogP) is 4.28. The molecule has 1 N–H and O–H groups in total. The summed E-state index contributed by atoms with van der Waals surface area (Å²) in [5.41, 5.74) is 3.33. The topological polar surface area (TPSA) is 83.5 Å². The number of carbonyl (C=O) groups excluding carboxylic acids is 2. The fraction of sp³-hybridized carbons (Fsp3) is 0.167. The van der Waals surface area contributed by atoms with Crippen LogP contribution >= 0.6 is 0 Å². The highest BCUT2D eigenvalue weighted by molar-refractivity contribution is 7.92.